The molecule has 1 aromatic rings. The maximum absolute atomic E-state index is 6.14. The summed E-state index contributed by atoms with van der Waals surface area (Å²) in [6.07, 6.45) is 7.02. The molecule has 0 aromatic carbocycles. The van der Waals surface area contributed by atoms with Crippen molar-refractivity contribution in [2.45, 2.75) is 32.2 Å². The largest absolute Gasteiger partial charge is 0.476 e. The zero-order chi connectivity index (χ0) is 12.1. The molecule has 1 aliphatic carbocycles. The van der Waals surface area contributed by atoms with E-state index in [1.165, 1.54) is 25.7 Å². The third-order valence-electron chi connectivity index (χ3n) is 3.18. The molecule has 1 aromatic heterocycles. The molecule has 0 saturated heterocycles. The van der Waals surface area contributed by atoms with E-state index in [4.69, 9.17) is 16.3 Å². The minimum Gasteiger partial charge on any atom is -0.476 e. The lowest BCUT2D eigenvalue weighted by Gasteiger charge is -2.12. The molecule has 0 bridgehead atoms. The van der Waals surface area contributed by atoms with Crippen LogP contribution in [0.2, 0.25) is 5.02 Å². The lowest BCUT2D eigenvalue weighted by atomic mass is 10.1. The van der Waals surface area contributed by atoms with Crippen molar-refractivity contribution in [1.29, 1.82) is 0 Å². The van der Waals surface area contributed by atoms with Crippen LogP contribution in [0.15, 0.2) is 12.3 Å². The average molecular weight is 255 g/mol. The van der Waals surface area contributed by atoms with Gasteiger partial charge in [0, 0.05) is 12.7 Å². The summed E-state index contributed by atoms with van der Waals surface area (Å²) in [7, 11) is 1.90. The number of ether oxygens (including phenoxy) is 1. The molecule has 2 rings (SSSR count). The summed E-state index contributed by atoms with van der Waals surface area (Å²) in [5.74, 6) is 1.25. The van der Waals surface area contributed by atoms with Gasteiger partial charge in [0.05, 0.1) is 6.61 Å². The molecule has 3 nitrogen and oxygen atoms in total. The van der Waals surface area contributed by atoms with Crippen molar-refractivity contribution in [3.05, 3.63) is 22.8 Å². The van der Waals surface area contributed by atoms with Gasteiger partial charge in [-0.2, -0.15) is 0 Å². The molecule has 1 N–H and O–H groups in total. The molecule has 94 valence electrons. The van der Waals surface area contributed by atoms with Gasteiger partial charge in [0.2, 0.25) is 5.88 Å². The van der Waals surface area contributed by atoms with E-state index in [1.54, 1.807) is 0 Å². The topological polar surface area (TPSA) is 34.2 Å². The van der Waals surface area contributed by atoms with Crippen molar-refractivity contribution in [2.24, 2.45) is 5.92 Å². The number of nitrogens with one attached hydrogen (secondary N) is 1. The third-order valence-corrected chi connectivity index (χ3v) is 3.45. The van der Waals surface area contributed by atoms with Gasteiger partial charge in [0.15, 0.2) is 0 Å². The van der Waals surface area contributed by atoms with E-state index in [0.29, 0.717) is 16.8 Å². The van der Waals surface area contributed by atoms with Gasteiger partial charge in [0.25, 0.3) is 0 Å². The summed E-state index contributed by atoms with van der Waals surface area (Å²) in [5.41, 5.74) is 1.07. The molecular formula is C13H19ClN2O. The minimum atomic E-state index is 0.568. The van der Waals surface area contributed by atoms with Crippen molar-refractivity contribution in [3.63, 3.8) is 0 Å². The molecule has 0 aliphatic heterocycles. The molecule has 0 atom stereocenters. The van der Waals surface area contributed by atoms with Crippen LogP contribution in [0.5, 0.6) is 5.88 Å². The molecule has 17 heavy (non-hydrogen) atoms. The highest BCUT2D eigenvalue weighted by Gasteiger charge is 2.16. The fourth-order valence-electron chi connectivity index (χ4n) is 2.25. The fraction of sp³-hybridized carbons (Fsp3) is 0.615. The molecule has 1 fully saturated rings. The van der Waals surface area contributed by atoms with Gasteiger partial charge in [-0.3, -0.25) is 0 Å². The standard InChI is InChI=1S/C13H19ClN2O/c1-15-7-11-6-12(14)13(16-8-11)17-9-10-4-2-3-5-10/h6,8,10,15H,2-5,7,9H2,1H3. The Kier molecular flexibility index (Phi) is 4.63. The van der Waals surface area contributed by atoms with Gasteiger partial charge < -0.3 is 10.1 Å². The SMILES string of the molecule is CNCc1cnc(OCC2CCCC2)c(Cl)c1. The van der Waals surface area contributed by atoms with Gasteiger partial charge in [-0.05, 0) is 37.4 Å². The molecule has 0 radical (unpaired) electrons. The lowest BCUT2D eigenvalue weighted by molar-refractivity contribution is 0.243. The van der Waals surface area contributed by atoms with E-state index >= 15 is 0 Å². The molecule has 4 heteroatoms. The number of hydrogen-bond donors (Lipinski definition) is 1. The zero-order valence-corrected chi connectivity index (χ0v) is 11.0. The maximum Gasteiger partial charge on any atom is 0.232 e. The third kappa shape index (κ3) is 3.58. The predicted molar refractivity (Wildman–Crippen MR) is 69.5 cm³/mol. The first kappa shape index (κ1) is 12.7. The Balaban J connectivity index is 1.91. The average Bonchev–Trinajstić information content (AvgIpc) is 2.81. The van der Waals surface area contributed by atoms with Crippen LogP contribution in [0, 0.1) is 5.92 Å². The highest BCUT2D eigenvalue weighted by atomic mass is 35.5. The second-order valence-corrected chi connectivity index (χ2v) is 5.03. The van der Waals surface area contributed by atoms with Gasteiger partial charge in [-0.25, -0.2) is 4.98 Å². The van der Waals surface area contributed by atoms with Crippen molar-refractivity contribution in [1.82, 2.24) is 10.3 Å². The summed E-state index contributed by atoms with van der Waals surface area (Å²) in [6.45, 7) is 1.52. The van der Waals surface area contributed by atoms with E-state index in [1.807, 2.05) is 19.3 Å². The van der Waals surface area contributed by atoms with E-state index in [0.717, 1.165) is 18.7 Å². The summed E-state index contributed by atoms with van der Waals surface area (Å²) >= 11 is 6.14. The van der Waals surface area contributed by atoms with Crippen LogP contribution in [0.4, 0.5) is 0 Å². The van der Waals surface area contributed by atoms with Crippen LogP contribution in [0.1, 0.15) is 31.2 Å². The number of nitrogens with zero attached hydrogens (tertiary/aromatic N) is 1. The second kappa shape index (κ2) is 6.22. The fourth-order valence-corrected chi connectivity index (χ4v) is 2.49. The van der Waals surface area contributed by atoms with Crippen molar-refractivity contribution >= 4 is 11.6 Å². The molecular weight excluding hydrogens is 236 g/mol. The highest BCUT2D eigenvalue weighted by molar-refractivity contribution is 6.31. The predicted octanol–water partition coefficient (Wildman–Crippen LogP) is 3.02. The van der Waals surface area contributed by atoms with Crippen LogP contribution in [0.3, 0.4) is 0 Å². The Labute approximate surface area is 108 Å². The number of aromatic nitrogens is 1. The van der Waals surface area contributed by atoms with Gasteiger partial charge >= 0.3 is 0 Å². The first-order chi connectivity index (χ1) is 8.29. The molecule has 1 saturated carbocycles. The maximum atomic E-state index is 6.14. The molecule has 1 aliphatic rings. The van der Waals surface area contributed by atoms with Crippen molar-refractivity contribution < 1.29 is 4.74 Å². The summed E-state index contributed by atoms with van der Waals surface area (Å²) in [6, 6.07) is 1.91. The number of hydrogen-bond acceptors (Lipinski definition) is 3. The molecule has 0 unspecified atom stereocenters. The first-order valence-electron chi connectivity index (χ1n) is 6.21. The van der Waals surface area contributed by atoms with Gasteiger partial charge in [-0.1, -0.05) is 24.4 Å². The van der Waals surface area contributed by atoms with Crippen LogP contribution in [-0.2, 0) is 6.54 Å². The van der Waals surface area contributed by atoms with Crippen LogP contribution in [0.25, 0.3) is 0 Å². The smallest absolute Gasteiger partial charge is 0.232 e. The Morgan fingerprint density at radius 2 is 2.24 bits per heavy atom. The number of halogens is 1. The summed E-state index contributed by atoms with van der Waals surface area (Å²) in [5, 5.41) is 3.68. The Hall–Kier alpha value is -0.800. The second-order valence-electron chi connectivity index (χ2n) is 4.62. The van der Waals surface area contributed by atoms with E-state index in [-0.39, 0.29) is 0 Å². The van der Waals surface area contributed by atoms with Crippen LogP contribution < -0.4 is 10.1 Å². The monoisotopic (exact) mass is 254 g/mol. The number of pyridine rings is 1. The Morgan fingerprint density at radius 3 is 2.88 bits per heavy atom. The van der Waals surface area contributed by atoms with Gasteiger partial charge in [-0.15, -0.1) is 0 Å². The highest BCUT2D eigenvalue weighted by Crippen LogP contribution is 2.27. The normalized spacial score (nSPS) is 16.4. The Morgan fingerprint density at radius 1 is 1.47 bits per heavy atom. The summed E-state index contributed by atoms with van der Waals surface area (Å²) in [4.78, 5) is 4.26. The van der Waals surface area contributed by atoms with Gasteiger partial charge in [0.1, 0.15) is 5.02 Å². The lowest BCUT2D eigenvalue weighted by Crippen LogP contribution is -2.10. The first-order valence-corrected chi connectivity index (χ1v) is 6.59. The van der Waals surface area contributed by atoms with E-state index < -0.39 is 0 Å². The zero-order valence-electron chi connectivity index (χ0n) is 10.2. The van der Waals surface area contributed by atoms with Crippen molar-refractivity contribution in [3.8, 4) is 5.88 Å². The van der Waals surface area contributed by atoms with Crippen LogP contribution >= 0.6 is 11.6 Å². The van der Waals surface area contributed by atoms with Crippen LogP contribution in [-0.4, -0.2) is 18.6 Å². The number of rotatable bonds is 5. The van der Waals surface area contributed by atoms with E-state index in [9.17, 15) is 0 Å². The summed E-state index contributed by atoms with van der Waals surface area (Å²) < 4.78 is 5.69. The van der Waals surface area contributed by atoms with E-state index in [2.05, 4.69) is 10.3 Å². The Bertz CT molecular complexity index is 364. The molecule has 0 spiro atoms. The minimum absolute atomic E-state index is 0.568. The van der Waals surface area contributed by atoms with Crippen molar-refractivity contribution in [2.75, 3.05) is 13.7 Å². The quantitative estimate of drug-likeness (QED) is 0.877. The molecule has 1 heterocycles. The molecule has 0 amide bonds.